The largest absolute Gasteiger partial charge is 0.487 e. The number of nitrogens with zero attached hydrogens (tertiary/aromatic N) is 1. The molecular formula is C18H12F3NO6S. The molecule has 3 aromatic rings. The number of aromatic nitrogens is 1. The summed E-state index contributed by atoms with van der Waals surface area (Å²) in [5, 5.41) is 9.91. The Bertz CT molecular complexity index is 1160. The predicted molar refractivity (Wildman–Crippen MR) is 94.4 cm³/mol. The maximum absolute atomic E-state index is 12.5. The minimum absolute atomic E-state index is 0.0846. The summed E-state index contributed by atoms with van der Waals surface area (Å²) < 4.78 is 64.7. The molecule has 6 bridgehead atoms. The number of aromatic carboxylic acids is 1. The molecule has 0 spiro atoms. The smallest absolute Gasteiger partial charge is 0.379 e. The number of hydrogen-bond donors (Lipinski definition) is 1. The lowest BCUT2D eigenvalue weighted by molar-refractivity contribution is 0.00817. The van der Waals surface area contributed by atoms with Crippen molar-refractivity contribution in [3.63, 3.8) is 0 Å². The molecule has 5 heterocycles. The van der Waals surface area contributed by atoms with Crippen LogP contribution in [0.4, 0.5) is 13.2 Å². The highest BCUT2D eigenvalue weighted by molar-refractivity contribution is 7.87. The van der Waals surface area contributed by atoms with E-state index in [4.69, 9.17) is 8.92 Å². The maximum Gasteiger partial charge on any atom is 0.379 e. The molecule has 4 aliphatic rings. The summed E-state index contributed by atoms with van der Waals surface area (Å²) in [7, 11) is -4.19. The van der Waals surface area contributed by atoms with Crippen molar-refractivity contribution in [3.05, 3.63) is 59.8 Å². The van der Waals surface area contributed by atoms with Crippen LogP contribution in [0.1, 0.15) is 16.1 Å². The molecule has 2 aromatic carbocycles. The topological polar surface area (TPSA) is 103 Å². The van der Waals surface area contributed by atoms with E-state index in [1.807, 2.05) is 0 Å². The molecule has 0 saturated heterocycles. The summed E-state index contributed by atoms with van der Waals surface area (Å²) in [4.78, 5) is 15.5. The molecule has 0 aliphatic carbocycles. The van der Waals surface area contributed by atoms with Crippen LogP contribution in [-0.2, 0) is 16.7 Å². The highest BCUT2D eigenvalue weighted by Crippen LogP contribution is 2.32. The Kier molecular flexibility index (Phi) is 5.59. The summed E-state index contributed by atoms with van der Waals surface area (Å²) in [5.41, 5.74) is 0.575. The van der Waals surface area contributed by atoms with Gasteiger partial charge in [0, 0.05) is 5.39 Å². The van der Waals surface area contributed by atoms with Crippen molar-refractivity contribution in [1.82, 2.24) is 4.98 Å². The van der Waals surface area contributed by atoms with Gasteiger partial charge in [0.2, 0.25) is 0 Å². The van der Waals surface area contributed by atoms with Crippen LogP contribution in [0.3, 0.4) is 0 Å². The number of benzene rings is 2. The molecule has 152 valence electrons. The molecule has 0 radical (unpaired) electrons. The van der Waals surface area contributed by atoms with Crippen LogP contribution >= 0.6 is 0 Å². The van der Waals surface area contributed by atoms with E-state index < -0.39 is 28.5 Å². The highest BCUT2D eigenvalue weighted by atomic mass is 32.2. The first-order valence-corrected chi connectivity index (χ1v) is 9.34. The summed E-state index contributed by atoms with van der Waals surface area (Å²) in [6.45, 7) is -3.48. The number of hydrogen-bond acceptors (Lipinski definition) is 6. The van der Waals surface area contributed by atoms with Crippen molar-refractivity contribution in [2.45, 2.75) is 18.2 Å². The summed E-state index contributed by atoms with van der Waals surface area (Å²) in [5.74, 6) is -1.34. The number of carboxylic acid groups (broad SMARTS) is 1. The Balaban J connectivity index is 0.000000552. The van der Waals surface area contributed by atoms with Crippen LogP contribution < -0.4 is 8.92 Å². The van der Waals surface area contributed by atoms with Gasteiger partial charge in [-0.05, 0) is 29.8 Å². The standard InChI is InChI=1S/C17H11NO6S.CHF3/c19-17(20)16-14-8-11-2-1-3-13(15(11)18-16)23-9-10-4-6-12(7-5-10)25(21,22)24-14;2-1(3)4/h1-8H,9H2,(H,19,20);1H. The SMILES string of the molecule is FC(F)F.O=C(O)c1nc2c3cccc2cc1OS(=O)(=O)c1ccc(cc1)CO3. The van der Waals surface area contributed by atoms with Crippen LogP contribution in [0.2, 0.25) is 0 Å². The molecule has 0 unspecified atom stereocenters. The number of rotatable bonds is 1. The van der Waals surface area contributed by atoms with Gasteiger partial charge in [-0.3, -0.25) is 0 Å². The zero-order valence-electron chi connectivity index (χ0n) is 14.4. The van der Waals surface area contributed by atoms with E-state index in [0.29, 0.717) is 16.7 Å². The average molecular weight is 427 g/mol. The second kappa shape index (κ2) is 7.95. The molecule has 4 aliphatic heterocycles. The highest BCUT2D eigenvalue weighted by Gasteiger charge is 2.24. The minimum Gasteiger partial charge on any atom is -0.487 e. The lowest BCUT2D eigenvalue weighted by atomic mass is 10.1. The van der Waals surface area contributed by atoms with Crippen LogP contribution in [0, 0.1) is 0 Å². The average Bonchev–Trinajstić information content (AvgIpc) is 2.66. The van der Waals surface area contributed by atoms with Crippen LogP contribution in [0.5, 0.6) is 11.5 Å². The van der Waals surface area contributed by atoms with Gasteiger partial charge in [0.1, 0.15) is 22.8 Å². The van der Waals surface area contributed by atoms with E-state index in [2.05, 4.69) is 4.98 Å². The van der Waals surface area contributed by atoms with Gasteiger partial charge in [0.15, 0.2) is 11.4 Å². The molecule has 7 rings (SSSR count). The molecule has 0 amide bonds. The first-order chi connectivity index (χ1) is 13.7. The second-order valence-electron chi connectivity index (χ2n) is 5.69. The molecule has 1 N–H and O–H groups in total. The summed E-state index contributed by atoms with van der Waals surface area (Å²) in [6.07, 6.45) is 0. The number of halogens is 3. The molecular weight excluding hydrogens is 415 g/mol. The summed E-state index contributed by atoms with van der Waals surface area (Å²) >= 11 is 0. The molecule has 29 heavy (non-hydrogen) atoms. The molecule has 0 atom stereocenters. The van der Waals surface area contributed by atoms with Crippen molar-refractivity contribution in [1.29, 1.82) is 0 Å². The third-order valence-corrected chi connectivity index (χ3v) is 5.03. The summed E-state index contributed by atoms with van der Waals surface area (Å²) in [6, 6.07) is 12.4. The third-order valence-electron chi connectivity index (χ3n) is 3.78. The van der Waals surface area contributed by atoms with Crippen molar-refractivity contribution < 1.29 is 40.4 Å². The zero-order valence-corrected chi connectivity index (χ0v) is 15.2. The van der Waals surface area contributed by atoms with Crippen molar-refractivity contribution >= 4 is 27.0 Å². The first-order valence-electron chi connectivity index (χ1n) is 7.93. The van der Waals surface area contributed by atoms with Crippen LogP contribution in [0.15, 0.2) is 53.4 Å². The van der Waals surface area contributed by atoms with E-state index in [1.165, 1.54) is 18.2 Å². The fourth-order valence-electron chi connectivity index (χ4n) is 2.56. The van der Waals surface area contributed by atoms with Gasteiger partial charge in [-0.1, -0.05) is 24.3 Å². The van der Waals surface area contributed by atoms with E-state index >= 15 is 0 Å². The quantitative estimate of drug-likeness (QED) is 0.590. The lowest BCUT2D eigenvalue weighted by Crippen LogP contribution is -2.13. The maximum atomic E-state index is 12.5. The molecule has 11 heteroatoms. The predicted octanol–water partition coefficient (Wildman–Crippen LogP) is 3.77. The Morgan fingerprint density at radius 2 is 1.72 bits per heavy atom. The van der Waals surface area contributed by atoms with Crippen LogP contribution in [0.25, 0.3) is 10.9 Å². The normalized spacial score (nSPS) is 14.2. The number of carbonyl (C=O) groups is 1. The van der Waals surface area contributed by atoms with E-state index in [-0.39, 0.29) is 17.3 Å². The first kappa shape index (κ1) is 20.4. The Morgan fingerprint density at radius 1 is 1.07 bits per heavy atom. The fourth-order valence-corrected chi connectivity index (χ4v) is 3.49. The fraction of sp³-hybridized carbons (Fsp3) is 0.111. The molecule has 0 fully saturated rings. The number of carboxylic acids is 1. The number of para-hydroxylation sites is 1. The van der Waals surface area contributed by atoms with E-state index in [1.54, 1.807) is 30.3 Å². The Morgan fingerprint density at radius 3 is 2.34 bits per heavy atom. The van der Waals surface area contributed by atoms with Gasteiger partial charge >= 0.3 is 22.8 Å². The van der Waals surface area contributed by atoms with Crippen molar-refractivity contribution in [2.24, 2.45) is 0 Å². The Labute approximate surface area is 162 Å². The van der Waals surface area contributed by atoms with Gasteiger partial charge in [-0.15, -0.1) is 0 Å². The van der Waals surface area contributed by atoms with Gasteiger partial charge in [-0.2, -0.15) is 21.6 Å². The Hall–Kier alpha value is -3.34. The van der Waals surface area contributed by atoms with E-state index in [9.17, 15) is 31.5 Å². The lowest BCUT2D eigenvalue weighted by Gasteiger charge is -2.11. The van der Waals surface area contributed by atoms with Crippen molar-refractivity contribution in [3.8, 4) is 11.5 Å². The number of alkyl halides is 3. The number of ether oxygens (including phenoxy) is 1. The second-order valence-corrected chi connectivity index (χ2v) is 7.23. The van der Waals surface area contributed by atoms with Gasteiger partial charge in [0.05, 0.1) is 0 Å². The minimum atomic E-state index is -4.19. The number of pyridine rings is 1. The van der Waals surface area contributed by atoms with Gasteiger partial charge in [0.25, 0.3) is 0 Å². The molecule has 0 saturated carbocycles. The van der Waals surface area contributed by atoms with E-state index in [0.717, 1.165) is 5.56 Å². The van der Waals surface area contributed by atoms with Gasteiger partial charge < -0.3 is 14.0 Å². The van der Waals surface area contributed by atoms with Gasteiger partial charge in [-0.25, -0.2) is 9.78 Å². The third kappa shape index (κ3) is 4.57. The monoisotopic (exact) mass is 427 g/mol. The van der Waals surface area contributed by atoms with Crippen molar-refractivity contribution in [2.75, 3.05) is 0 Å². The van der Waals surface area contributed by atoms with Crippen LogP contribution in [-0.4, -0.2) is 31.2 Å². The zero-order chi connectivity index (χ0) is 21.2. The molecule has 1 aromatic heterocycles. The molecule has 7 nitrogen and oxygen atoms in total.